The molecule has 0 aromatic heterocycles. The molecular weight excluding hydrogens is 442 g/mol. The summed E-state index contributed by atoms with van der Waals surface area (Å²) in [5.74, 6) is -1.61. The zero-order valence-corrected chi connectivity index (χ0v) is 20.3. The molecule has 34 heavy (non-hydrogen) atoms. The number of amides is 3. The van der Waals surface area contributed by atoms with Gasteiger partial charge in [-0.05, 0) is 44.9 Å². The number of hydrogen-bond acceptors (Lipinski definition) is 7. The van der Waals surface area contributed by atoms with Crippen molar-refractivity contribution in [1.82, 2.24) is 15.5 Å². The number of alkyl carbamates (subject to hydrolysis) is 1. The van der Waals surface area contributed by atoms with Crippen LogP contribution in [0, 0.1) is 0 Å². The number of aliphatic hydroxyl groups is 1. The monoisotopic (exact) mass is 477 g/mol. The number of esters is 1. The van der Waals surface area contributed by atoms with Crippen LogP contribution in [0.2, 0.25) is 0 Å². The largest absolute Gasteiger partial charge is 0.466 e. The molecular formula is C24H35N3O7. The highest BCUT2D eigenvalue weighted by Gasteiger charge is 2.31. The molecule has 0 saturated heterocycles. The van der Waals surface area contributed by atoms with Gasteiger partial charge in [0.2, 0.25) is 11.8 Å². The molecule has 188 valence electrons. The number of carbonyl (C=O) groups excluding carboxylic acids is 4. The zero-order chi connectivity index (χ0) is 25.7. The Morgan fingerprint density at radius 3 is 2.50 bits per heavy atom. The minimum absolute atomic E-state index is 0.00658. The van der Waals surface area contributed by atoms with Gasteiger partial charge in [0, 0.05) is 13.1 Å². The highest BCUT2D eigenvalue weighted by Crippen LogP contribution is 2.23. The molecule has 0 saturated carbocycles. The molecule has 10 nitrogen and oxygen atoms in total. The standard InChI is InChI=1S/C24H35N3O7/c1-6-17-9-8-10-18(15-17)21(22(31)25-12-11-20(30)33-7-2)27(13-14-28)19(29)16-26-23(32)34-24(3,4)5/h6,8-10,15,21,28H,1,7,11-14,16H2,2-5H3,(H,25,31)(H,26,32). The quantitative estimate of drug-likeness (QED) is 0.391. The Kier molecular flexibility index (Phi) is 11.8. The van der Waals surface area contributed by atoms with Crippen molar-refractivity contribution >= 4 is 30.0 Å². The number of ether oxygens (including phenoxy) is 2. The number of benzene rings is 1. The molecule has 0 radical (unpaired) electrons. The first-order valence-electron chi connectivity index (χ1n) is 11.0. The van der Waals surface area contributed by atoms with Crippen LogP contribution in [0.4, 0.5) is 4.79 Å². The Labute approximate surface area is 200 Å². The number of aliphatic hydroxyl groups excluding tert-OH is 1. The van der Waals surface area contributed by atoms with Crippen molar-refractivity contribution in [1.29, 1.82) is 0 Å². The van der Waals surface area contributed by atoms with E-state index >= 15 is 0 Å². The van der Waals surface area contributed by atoms with Crippen LogP contribution in [0.5, 0.6) is 0 Å². The van der Waals surface area contributed by atoms with Gasteiger partial charge < -0.3 is 30.1 Å². The lowest BCUT2D eigenvalue weighted by Crippen LogP contribution is -2.49. The minimum Gasteiger partial charge on any atom is -0.466 e. The molecule has 1 aromatic carbocycles. The predicted molar refractivity (Wildman–Crippen MR) is 127 cm³/mol. The van der Waals surface area contributed by atoms with Crippen LogP contribution in [0.1, 0.15) is 51.3 Å². The van der Waals surface area contributed by atoms with Gasteiger partial charge in [-0.1, -0.05) is 30.9 Å². The molecule has 0 spiro atoms. The van der Waals surface area contributed by atoms with E-state index in [4.69, 9.17) is 9.47 Å². The Morgan fingerprint density at radius 1 is 1.21 bits per heavy atom. The molecule has 0 bridgehead atoms. The van der Waals surface area contributed by atoms with Crippen LogP contribution < -0.4 is 10.6 Å². The van der Waals surface area contributed by atoms with Gasteiger partial charge in [0.05, 0.1) is 19.6 Å². The Bertz CT molecular complexity index is 864. The number of nitrogens with zero attached hydrogens (tertiary/aromatic N) is 1. The number of carbonyl (C=O) groups is 4. The van der Waals surface area contributed by atoms with Crippen LogP contribution in [-0.4, -0.2) is 72.3 Å². The summed E-state index contributed by atoms with van der Waals surface area (Å²) in [6.45, 7) is 9.70. The Balaban J connectivity index is 3.12. The van der Waals surface area contributed by atoms with Crippen LogP contribution in [-0.2, 0) is 23.9 Å². The van der Waals surface area contributed by atoms with Crippen LogP contribution in [0.25, 0.3) is 6.08 Å². The molecule has 1 atom stereocenters. The third-order valence-corrected chi connectivity index (χ3v) is 4.40. The molecule has 0 fully saturated rings. The summed E-state index contributed by atoms with van der Waals surface area (Å²) in [4.78, 5) is 50.9. The summed E-state index contributed by atoms with van der Waals surface area (Å²) in [6.07, 6.45) is 0.781. The average Bonchev–Trinajstić information content (AvgIpc) is 2.76. The fraction of sp³-hybridized carbons (Fsp3) is 0.500. The Hall–Kier alpha value is -3.40. The summed E-state index contributed by atoms with van der Waals surface area (Å²) < 4.78 is 10.0. The number of rotatable bonds is 12. The van der Waals surface area contributed by atoms with E-state index in [1.54, 1.807) is 58.0 Å². The van der Waals surface area contributed by atoms with Gasteiger partial charge in [-0.15, -0.1) is 0 Å². The highest BCUT2D eigenvalue weighted by atomic mass is 16.6. The van der Waals surface area contributed by atoms with Crippen molar-refractivity contribution in [3.8, 4) is 0 Å². The number of nitrogens with one attached hydrogen (secondary N) is 2. The first-order chi connectivity index (χ1) is 16.0. The molecule has 0 heterocycles. The van der Waals surface area contributed by atoms with E-state index in [0.29, 0.717) is 5.56 Å². The van der Waals surface area contributed by atoms with Gasteiger partial charge >= 0.3 is 12.1 Å². The second-order valence-electron chi connectivity index (χ2n) is 8.29. The molecule has 0 aliphatic rings. The Morgan fingerprint density at radius 2 is 1.91 bits per heavy atom. The molecule has 1 unspecified atom stereocenters. The van der Waals surface area contributed by atoms with E-state index in [2.05, 4.69) is 17.2 Å². The zero-order valence-electron chi connectivity index (χ0n) is 20.3. The smallest absolute Gasteiger partial charge is 0.408 e. The van der Waals surface area contributed by atoms with Crippen molar-refractivity contribution in [3.05, 3.63) is 42.0 Å². The normalized spacial score (nSPS) is 11.7. The average molecular weight is 478 g/mol. The van der Waals surface area contributed by atoms with Gasteiger partial charge in [0.1, 0.15) is 18.2 Å². The maximum atomic E-state index is 13.2. The molecule has 3 amide bonds. The first-order valence-corrected chi connectivity index (χ1v) is 11.0. The van der Waals surface area contributed by atoms with E-state index in [-0.39, 0.29) is 26.1 Å². The fourth-order valence-corrected chi connectivity index (χ4v) is 3.02. The topological polar surface area (TPSA) is 134 Å². The lowest BCUT2D eigenvalue weighted by molar-refractivity contribution is -0.143. The van der Waals surface area contributed by atoms with Gasteiger partial charge in [0.25, 0.3) is 0 Å². The third kappa shape index (κ3) is 10.0. The second kappa shape index (κ2) is 14.0. The highest BCUT2D eigenvalue weighted by molar-refractivity contribution is 5.90. The SMILES string of the molecule is C=Cc1cccc(C(C(=O)NCCC(=O)OCC)N(CCO)C(=O)CNC(=O)OC(C)(C)C)c1. The van der Waals surface area contributed by atoms with Crippen molar-refractivity contribution in [3.63, 3.8) is 0 Å². The van der Waals surface area contributed by atoms with E-state index in [0.717, 1.165) is 5.56 Å². The van der Waals surface area contributed by atoms with E-state index < -0.39 is 48.7 Å². The molecule has 1 rings (SSSR count). The summed E-state index contributed by atoms with van der Waals surface area (Å²) in [7, 11) is 0. The van der Waals surface area contributed by atoms with E-state index in [9.17, 15) is 24.3 Å². The lowest BCUT2D eigenvalue weighted by Gasteiger charge is -2.31. The molecule has 0 aliphatic carbocycles. The van der Waals surface area contributed by atoms with Crippen molar-refractivity contribution in [2.45, 2.75) is 45.8 Å². The summed E-state index contributed by atoms with van der Waals surface area (Å²) in [5, 5.41) is 14.6. The van der Waals surface area contributed by atoms with Crippen molar-refractivity contribution < 1.29 is 33.8 Å². The summed E-state index contributed by atoms with van der Waals surface area (Å²) in [6, 6.07) is 5.74. The van der Waals surface area contributed by atoms with Crippen molar-refractivity contribution in [2.24, 2.45) is 0 Å². The molecule has 10 heteroatoms. The van der Waals surface area contributed by atoms with Crippen LogP contribution in [0.15, 0.2) is 30.8 Å². The van der Waals surface area contributed by atoms with E-state index in [1.807, 2.05) is 0 Å². The van der Waals surface area contributed by atoms with Crippen LogP contribution in [0.3, 0.4) is 0 Å². The summed E-state index contributed by atoms with van der Waals surface area (Å²) >= 11 is 0. The summed E-state index contributed by atoms with van der Waals surface area (Å²) in [5.41, 5.74) is 0.458. The maximum Gasteiger partial charge on any atom is 0.408 e. The van der Waals surface area contributed by atoms with Gasteiger partial charge in [-0.25, -0.2) is 4.79 Å². The number of hydrogen-bond donors (Lipinski definition) is 3. The second-order valence-corrected chi connectivity index (χ2v) is 8.29. The minimum atomic E-state index is -1.12. The van der Waals surface area contributed by atoms with Gasteiger partial charge in [-0.2, -0.15) is 0 Å². The fourth-order valence-electron chi connectivity index (χ4n) is 3.02. The van der Waals surface area contributed by atoms with Gasteiger partial charge in [-0.3, -0.25) is 14.4 Å². The molecule has 3 N–H and O–H groups in total. The molecule has 0 aliphatic heterocycles. The van der Waals surface area contributed by atoms with Crippen LogP contribution >= 0.6 is 0 Å². The maximum absolute atomic E-state index is 13.2. The van der Waals surface area contributed by atoms with Crippen molar-refractivity contribution in [2.75, 3.05) is 32.8 Å². The first kappa shape index (κ1) is 28.6. The lowest BCUT2D eigenvalue weighted by atomic mass is 10.0. The van der Waals surface area contributed by atoms with Gasteiger partial charge in [0.15, 0.2) is 0 Å². The predicted octanol–water partition coefficient (Wildman–Crippen LogP) is 1.79. The van der Waals surface area contributed by atoms with E-state index in [1.165, 1.54) is 4.90 Å². The molecule has 1 aromatic rings. The third-order valence-electron chi connectivity index (χ3n) is 4.40.